The predicted molar refractivity (Wildman–Crippen MR) is 78.2 cm³/mol. The smallest absolute Gasteiger partial charge is 0.198 e. The Morgan fingerprint density at radius 2 is 2.05 bits per heavy atom. The van der Waals surface area contributed by atoms with Gasteiger partial charge >= 0.3 is 0 Å². The lowest BCUT2D eigenvalue weighted by atomic mass is 10.1. The number of nitrogens with zero attached hydrogens (tertiary/aromatic N) is 2. The van der Waals surface area contributed by atoms with Gasteiger partial charge in [-0.1, -0.05) is 19.1 Å². The normalized spacial score (nSPS) is 10.5. The Hall–Kier alpha value is -2.10. The van der Waals surface area contributed by atoms with Crippen LogP contribution < -0.4 is 4.74 Å². The van der Waals surface area contributed by atoms with Crippen LogP contribution in [-0.2, 0) is 13.0 Å². The van der Waals surface area contributed by atoms with Crippen LogP contribution in [0.3, 0.4) is 0 Å². The van der Waals surface area contributed by atoms with Crippen molar-refractivity contribution < 1.29 is 9.53 Å². The Morgan fingerprint density at radius 1 is 1.30 bits per heavy atom. The molecule has 0 aliphatic rings. The van der Waals surface area contributed by atoms with Crippen molar-refractivity contribution in [2.45, 2.75) is 32.7 Å². The Balaban J connectivity index is 1.95. The number of carbonyl (C=O) groups excluding carboxylic acids is 1. The highest BCUT2D eigenvalue weighted by Gasteiger charge is 2.12. The van der Waals surface area contributed by atoms with E-state index >= 15 is 0 Å². The molecule has 1 aromatic heterocycles. The molecule has 106 valence electrons. The lowest BCUT2D eigenvalue weighted by molar-refractivity contribution is 0.0968. The van der Waals surface area contributed by atoms with E-state index in [9.17, 15) is 4.79 Å². The van der Waals surface area contributed by atoms with Crippen LogP contribution >= 0.6 is 0 Å². The molecule has 0 bridgehead atoms. The number of aryl methyl sites for hydroxylation is 2. The lowest BCUT2D eigenvalue weighted by Gasteiger charge is -2.06. The monoisotopic (exact) mass is 272 g/mol. The van der Waals surface area contributed by atoms with Crippen molar-refractivity contribution in [1.82, 2.24) is 9.55 Å². The number of hydrogen-bond donors (Lipinski definition) is 0. The molecule has 0 N–H and O–H groups in total. The molecule has 4 heteroatoms. The number of hydrogen-bond acceptors (Lipinski definition) is 3. The molecule has 0 saturated heterocycles. The van der Waals surface area contributed by atoms with Crippen molar-refractivity contribution in [2.75, 3.05) is 7.11 Å². The second-order valence-corrected chi connectivity index (χ2v) is 4.72. The first kappa shape index (κ1) is 14.3. The molecule has 0 aliphatic carbocycles. The summed E-state index contributed by atoms with van der Waals surface area (Å²) in [5.41, 5.74) is 1.13. The maximum Gasteiger partial charge on any atom is 0.198 e. The number of ketones is 1. The number of aromatic nitrogens is 2. The van der Waals surface area contributed by atoms with E-state index in [1.54, 1.807) is 13.3 Å². The summed E-state index contributed by atoms with van der Waals surface area (Å²) in [6.45, 7) is 2.93. The number of methoxy groups -OCH3 is 1. The minimum atomic E-state index is 0.0965. The second kappa shape index (κ2) is 6.89. The number of rotatable bonds is 7. The Kier molecular flexibility index (Phi) is 4.93. The van der Waals surface area contributed by atoms with Crippen LogP contribution in [0.1, 0.15) is 35.9 Å². The van der Waals surface area contributed by atoms with E-state index < -0.39 is 0 Å². The molecule has 0 atom stereocenters. The van der Waals surface area contributed by atoms with Crippen molar-refractivity contribution >= 4 is 5.78 Å². The molecule has 0 unspecified atom stereocenters. The highest BCUT2D eigenvalue weighted by molar-refractivity contribution is 5.92. The first-order valence-electron chi connectivity index (χ1n) is 6.92. The van der Waals surface area contributed by atoms with Crippen molar-refractivity contribution in [2.24, 2.45) is 0 Å². The van der Waals surface area contributed by atoms with Crippen LogP contribution in [0.5, 0.6) is 5.75 Å². The predicted octanol–water partition coefficient (Wildman–Crippen LogP) is 3.12. The van der Waals surface area contributed by atoms with Gasteiger partial charge in [0.1, 0.15) is 5.75 Å². The van der Waals surface area contributed by atoms with Gasteiger partial charge in [-0.25, -0.2) is 4.98 Å². The van der Waals surface area contributed by atoms with Gasteiger partial charge in [-0.3, -0.25) is 4.79 Å². The van der Waals surface area contributed by atoms with Crippen LogP contribution in [-0.4, -0.2) is 22.4 Å². The SMILES string of the molecule is CCCn1ccnc1C(=O)CCc1ccc(OC)cc1. The summed E-state index contributed by atoms with van der Waals surface area (Å²) in [5.74, 6) is 1.50. The summed E-state index contributed by atoms with van der Waals surface area (Å²) in [4.78, 5) is 16.4. The van der Waals surface area contributed by atoms with Crippen molar-refractivity contribution in [3.63, 3.8) is 0 Å². The second-order valence-electron chi connectivity index (χ2n) is 4.72. The summed E-state index contributed by atoms with van der Waals surface area (Å²) in [5, 5.41) is 0. The number of carbonyl (C=O) groups is 1. The van der Waals surface area contributed by atoms with E-state index in [1.807, 2.05) is 35.0 Å². The van der Waals surface area contributed by atoms with Gasteiger partial charge in [-0.15, -0.1) is 0 Å². The molecule has 0 fully saturated rings. The van der Waals surface area contributed by atoms with Gasteiger partial charge in [-0.05, 0) is 30.5 Å². The topological polar surface area (TPSA) is 44.1 Å². The summed E-state index contributed by atoms with van der Waals surface area (Å²) in [6, 6.07) is 7.81. The molecule has 0 saturated carbocycles. The quantitative estimate of drug-likeness (QED) is 0.727. The van der Waals surface area contributed by atoms with E-state index in [0.29, 0.717) is 12.2 Å². The maximum absolute atomic E-state index is 12.2. The van der Waals surface area contributed by atoms with Crippen molar-refractivity contribution in [1.29, 1.82) is 0 Å². The Bertz CT molecular complexity index is 558. The van der Waals surface area contributed by atoms with E-state index in [4.69, 9.17) is 4.74 Å². The lowest BCUT2D eigenvalue weighted by Crippen LogP contribution is -2.11. The van der Waals surface area contributed by atoms with Crippen LogP contribution in [0.2, 0.25) is 0 Å². The molecule has 0 aliphatic heterocycles. The molecule has 0 spiro atoms. The molecule has 20 heavy (non-hydrogen) atoms. The average Bonchev–Trinajstić information content (AvgIpc) is 2.94. The molecular weight excluding hydrogens is 252 g/mol. The summed E-state index contributed by atoms with van der Waals surface area (Å²) in [7, 11) is 1.64. The van der Waals surface area contributed by atoms with Gasteiger partial charge in [-0.2, -0.15) is 0 Å². The van der Waals surface area contributed by atoms with Crippen LogP contribution in [0.15, 0.2) is 36.7 Å². The molecule has 1 heterocycles. The third-order valence-corrected chi connectivity index (χ3v) is 3.23. The van der Waals surface area contributed by atoms with E-state index in [1.165, 1.54) is 0 Å². The molecule has 4 nitrogen and oxygen atoms in total. The maximum atomic E-state index is 12.2. The third kappa shape index (κ3) is 3.47. The van der Waals surface area contributed by atoms with Crippen molar-refractivity contribution in [3.05, 3.63) is 48.0 Å². The fourth-order valence-electron chi connectivity index (χ4n) is 2.14. The standard InChI is InChI=1S/C16H20N2O2/c1-3-11-18-12-10-17-16(18)15(19)9-6-13-4-7-14(20-2)8-5-13/h4-5,7-8,10,12H,3,6,9,11H2,1-2H3. The van der Waals surface area contributed by atoms with Crippen LogP contribution in [0.25, 0.3) is 0 Å². The number of ether oxygens (including phenoxy) is 1. The third-order valence-electron chi connectivity index (χ3n) is 3.23. The van der Waals surface area contributed by atoms with Gasteiger partial charge < -0.3 is 9.30 Å². The zero-order valence-electron chi connectivity index (χ0n) is 12.0. The van der Waals surface area contributed by atoms with Crippen LogP contribution in [0, 0.1) is 0 Å². The number of benzene rings is 1. The Labute approximate surface area is 119 Å². The van der Waals surface area contributed by atoms with Gasteiger partial charge in [0, 0.05) is 25.4 Å². The van der Waals surface area contributed by atoms with Crippen molar-refractivity contribution in [3.8, 4) is 5.75 Å². The minimum Gasteiger partial charge on any atom is -0.497 e. The average molecular weight is 272 g/mol. The zero-order valence-corrected chi connectivity index (χ0v) is 12.0. The molecule has 0 radical (unpaired) electrons. The zero-order chi connectivity index (χ0) is 14.4. The highest BCUT2D eigenvalue weighted by atomic mass is 16.5. The fraction of sp³-hybridized carbons (Fsp3) is 0.375. The summed E-state index contributed by atoms with van der Waals surface area (Å²) < 4.78 is 7.04. The molecule has 1 aromatic carbocycles. The van der Waals surface area contributed by atoms with Crippen LogP contribution in [0.4, 0.5) is 0 Å². The first-order chi connectivity index (χ1) is 9.74. The Morgan fingerprint density at radius 3 is 2.70 bits per heavy atom. The van der Waals surface area contributed by atoms with E-state index in [0.717, 1.165) is 30.7 Å². The molecule has 2 aromatic rings. The largest absolute Gasteiger partial charge is 0.497 e. The molecular formula is C16H20N2O2. The summed E-state index contributed by atoms with van der Waals surface area (Å²) in [6.07, 6.45) is 5.75. The van der Waals surface area contributed by atoms with Gasteiger partial charge in [0.15, 0.2) is 11.6 Å². The highest BCUT2D eigenvalue weighted by Crippen LogP contribution is 2.13. The first-order valence-corrected chi connectivity index (χ1v) is 6.92. The van der Waals surface area contributed by atoms with Gasteiger partial charge in [0.25, 0.3) is 0 Å². The number of Topliss-reactive ketones (excluding diaryl/α,β-unsaturated/α-hetero) is 1. The van der Waals surface area contributed by atoms with E-state index in [-0.39, 0.29) is 5.78 Å². The van der Waals surface area contributed by atoms with Gasteiger partial charge in [0.05, 0.1) is 7.11 Å². The molecule has 2 rings (SSSR count). The fourth-order valence-corrected chi connectivity index (χ4v) is 2.14. The van der Waals surface area contributed by atoms with E-state index in [2.05, 4.69) is 11.9 Å². The minimum absolute atomic E-state index is 0.0965. The number of imidazole rings is 1. The van der Waals surface area contributed by atoms with Gasteiger partial charge in [0.2, 0.25) is 0 Å². The molecule has 0 amide bonds. The summed E-state index contributed by atoms with van der Waals surface area (Å²) >= 11 is 0.